The lowest BCUT2D eigenvalue weighted by atomic mass is 10.1. The van der Waals surface area contributed by atoms with E-state index in [9.17, 15) is 8.78 Å². The Bertz CT molecular complexity index is 976. The second-order valence-corrected chi connectivity index (χ2v) is 7.87. The molecule has 0 amide bonds. The predicted octanol–water partition coefficient (Wildman–Crippen LogP) is 4.67. The lowest BCUT2D eigenvalue weighted by molar-refractivity contribution is 0.152. The van der Waals surface area contributed by atoms with Gasteiger partial charge in [-0.05, 0) is 50.1 Å². The van der Waals surface area contributed by atoms with Crippen molar-refractivity contribution >= 4 is 28.6 Å². The van der Waals surface area contributed by atoms with E-state index >= 15 is 0 Å². The molecule has 0 saturated carbocycles. The topological polar surface area (TPSA) is 66.0 Å². The van der Waals surface area contributed by atoms with Crippen LogP contribution < -0.4 is 5.73 Å². The lowest BCUT2D eigenvalue weighted by Crippen LogP contribution is -2.15. The summed E-state index contributed by atoms with van der Waals surface area (Å²) in [6.07, 6.45) is 3.45. The summed E-state index contributed by atoms with van der Waals surface area (Å²) in [5.74, 6) is 0.0637. The van der Waals surface area contributed by atoms with Gasteiger partial charge in [0.05, 0.1) is 24.5 Å². The van der Waals surface area contributed by atoms with Gasteiger partial charge in [0.1, 0.15) is 17.2 Å². The lowest BCUT2D eigenvalue weighted by Gasteiger charge is -2.20. The fourth-order valence-electron chi connectivity index (χ4n) is 3.27. The molecule has 0 fully saturated rings. The molecule has 2 N–H and O–H groups in total. The van der Waals surface area contributed by atoms with Crippen LogP contribution in [0.5, 0.6) is 0 Å². The van der Waals surface area contributed by atoms with Crippen LogP contribution in [0, 0.1) is 25.5 Å². The van der Waals surface area contributed by atoms with Crippen molar-refractivity contribution in [2.45, 2.75) is 37.6 Å². The van der Waals surface area contributed by atoms with Crippen molar-refractivity contribution in [2.24, 2.45) is 0 Å². The van der Waals surface area contributed by atoms with Gasteiger partial charge >= 0.3 is 0 Å². The first-order chi connectivity index (χ1) is 13.4. The monoisotopic (exact) mass is 406 g/mol. The van der Waals surface area contributed by atoms with E-state index < -0.39 is 11.6 Å². The number of pyridine rings is 1. The van der Waals surface area contributed by atoms with Gasteiger partial charge in [-0.3, -0.25) is 0 Å². The van der Waals surface area contributed by atoms with Gasteiger partial charge in [-0.15, -0.1) is 11.8 Å². The van der Waals surface area contributed by atoms with Gasteiger partial charge in [0.15, 0.2) is 5.82 Å². The SMILES string of the molecule is COCC(CCCSc1ccc(F)cc1F)n1cnc2c(N)nc(C)c(C)c21. The van der Waals surface area contributed by atoms with Crippen molar-refractivity contribution in [1.82, 2.24) is 14.5 Å². The Morgan fingerprint density at radius 1 is 1.29 bits per heavy atom. The number of anilines is 1. The molecule has 28 heavy (non-hydrogen) atoms. The first-order valence-electron chi connectivity index (χ1n) is 9.08. The number of nitrogens with two attached hydrogens (primary N) is 1. The molecule has 0 spiro atoms. The molecule has 0 radical (unpaired) electrons. The van der Waals surface area contributed by atoms with Gasteiger partial charge < -0.3 is 15.0 Å². The Morgan fingerprint density at radius 3 is 2.79 bits per heavy atom. The number of aryl methyl sites for hydroxylation is 2. The van der Waals surface area contributed by atoms with Gasteiger partial charge in [-0.1, -0.05) is 0 Å². The fraction of sp³-hybridized carbons (Fsp3) is 0.400. The third kappa shape index (κ3) is 4.28. The summed E-state index contributed by atoms with van der Waals surface area (Å²) in [7, 11) is 1.67. The van der Waals surface area contributed by atoms with E-state index in [2.05, 4.69) is 14.5 Å². The molecule has 1 unspecified atom stereocenters. The number of aromatic nitrogens is 3. The van der Waals surface area contributed by atoms with E-state index in [1.165, 1.54) is 23.9 Å². The Labute approximate surface area is 167 Å². The zero-order chi connectivity index (χ0) is 20.3. The number of benzene rings is 1. The number of rotatable bonds is 8. The number of nitrogen functional groups attached to an aromatic ring is 1. The van der Waals surface area contributed by atoms with Crippen LogP contribution in [-0.4, -0.2) is 34.0 Å². The number of imidazole rings is 1. The normalized spacial score (nSPS) is 12.6. The molecular formula is C20H24F2N4OS. The number of fused-ring (bicyclic) bond motifs is 1. The Balaban J connectivity index is 1.73. The molecule has 3 rings (SSSR count). The minimum Gasteiger partial charge on any atom is -0.383 e. The van der Waals surface area contributed by atoms with E-state index in [4.69, 9.17) is 10.5 Å². The van der Waals surface area contributed by atoms with Crippen molar-refractivity contribution in [3.05, 3.63) is 47.4 Å². The molecule has 1 aromatic carbocycles. The molecule has 0 saturated heterocycles. The first kappa shape index (κ1) is 20.5. The highest BCUT2D eigenvalue weighted by Crippen LogP contribution is 2.29. The van der Waals surface area contributed by atoms with E-state index in [0.29, 0.717) is 22.8 Å². The molecule has 5 nitrogen and oxygen atoms in total. The number of halogens is 2. The van der Waals surface area contributed by atoms with Gasteiger partial charge in [0, 0.05) is 23.8 Å². The van der Waals surface area contributed by atoms with Crippen LogP contribution in [0.1, 0.15) is 30.1 Å². The highest BCUT2D eigenvalue weighted by Gasteiger charge is 2.18. The van der Waals surface area contributed by atoms with Crippen LogP contribution in [0.3, 0.4) is 0 Å². The average molecular weight is 407 g/mol. The van der Waals surface area contributed by atoms with Gasteiger partial charge in [0.2, 0.25) is 0 Å². The molecular weight excluding hydrogens is 382 g/mol. The zero-order valence-corrected chi connectivity index (χ0v) is 17.0. The van der Waals surface area contributed by atoms with Crippen LogP contribution in [0.25, 0.3) is 11.0 Å². The summed E-state index contributed by atoms with van der Waals surface area (Å²) >= 11 is 1.39. The number of ether oxygens (including phenoxy) is 1. The summed E-state index contributed by atoms with van der Waals surface area (Å²) in [5, 5.41) is 0. The second-order valence-electron chi connectivity index (χ2n) is 6.73. The molecule has 0 bridgehead atoms. The number of hydrogen-bond acceptors (Lipinski definition) is 5. The zero-order valence-electron chi connectivity index (χ0n) is 16.2. The summed E-state index contributed by atoms with van der Waals surface area (Å²) in [4.78, 5) is 9.26. The minimum absolute atomic E-state index is 0.0774. The maximum atomic E-state index is 13.8. The Hall–Kier alpha value is -2.19. The number of methoxy groups -OCH3 is 1. The Morgan fingerprint density at radius 2 is 2.07 bits per heavy atom. The predicted molar refractivity (Wildman–Crippen MR) is 109 cm³/mol. The van der Waals surface area contributed by atoms with Crippen LogP contribution in [-0.2, 0) is 4.74 Å². The molecule has 0 aliphatic heterocycles. The number of nitrogens with zero attached hydrogens (tertiary/aromatic N) is 3. The fourth-order valence-corrected chi connectivity index (χ4v) is 4.17. The summed E-state index contributed by atoms with van der Waals surface area (Å²) < 4.78 is 34.3. The minimum atomic E-state index is -0.562. The van der Waals surface area contributed by atoms with E-state index in [-0.39, 0.29) is 6.04 Å². The standard InChI is InChI=1S/C20H24F2N4OS/c1-12-13(2)25-20(23)18-19(12)26(11-24-18)15(10-27-3)5-4-8-28-17-7-6-14(21)9-16(17)22/h6-7,9,11,15H,4-5,8,10H2,1-3H3,(H2,23,25). The molecule has 3 aromatic rings. The molecule has 0 aliphatic carbocycles. The smallest absolute Gasteiger partial charge is 0.151 e. The highest BCUT2D eigenvalue weighted by molar-refractivity contribution is 7.99. The van der Waals surface area contributed by atoms with Crippen molar-refractivity contribution in [3.63, 3.8) is 0 Å². The van der Waals surface area contributed by atoms with Gasteiger partial charge in [-0.2, -0.15) is 0 Å². The first-order valence-corrected chi connectivity index (χ1v) is 10.1. The largest absolute Gasteiger partial charge is 0.383 e. The van der Waals surface area contributed by atoms with Crippen LogP contribution in [0.15, 0.2) is 29.4 Å². The van der Waals surface area contributed by atoms with Crippen molar-refractivity contribution in [3.8, 4) is 0 Å². The van der Waals surface area contributed by atoms with E-state index in [1.807, 2.05) is 13.8 Å². The molecule has 2 aromatic heterocycles. The average Bonchev–Trinajstić information content (AvgIpc) is 3.09. The quantitative estimate of drug-likeness (QED) is 0.435. The van der Waals surface area contributed by atoms with Crippen molar-refractivity contribution in [1.29, 1.82) is 0 Å². The Kier molecular flexibility index (Phi) is 6.51. The van der Waals surface area contributed by atoms with E-state index in [1.54, 1.807) is 13.4 Å². The third-order valence-corrected chi connectivity index (χ3v) is 5.94. The maximum Gasteiger partial charge on any atom is 0.151 e. The maximum absolute atomic E-state index is 13.8. The van der Waals surface area contributed by atoms with Crippen LogP contribution in [0.4, 0.5) is 14.6 Å². The summed E-state index contributed by atoms with van der Waals surface area (Å²) in [6.45, 7) is 4.47. The summed E-state index contributed by atoms with van der Waals surface area (Å²) in [6, 6.07) is 3.75. The molecule has 150 valence electrons. The van der Waals surface area contributed by atoms with Gasteiger partial charge in [0.25, 0.3) is 0 Å². The van der Waals surface area contributed by atoms with Crippen molar-refractivity contribution < 1.29 is 13.5 Å². The van der Waals surface area contributed by atoms with Crippen LogP contribution >= 0.6 is 11.8 Å². The number of thioether (sulfide) groups is 1. The molecule has 0 aliphatic rings. The summed E-state index contributed by atoms with van der Waals surface area (Å²) in [5.41, 5.74) is 9.64. The third-order valence-electron chi connectivity index (χ3n) is 4.81. The van der Waals surface area contributed by atoms with Crippen molar-refractivity contribution in [2.75, 3.05) is 25.2 Å². The van der Waals surface area contributed by atoms with Crippen LogP contribution in [0.2, 0.25) is 0 Å². The molecule has 2 heterocycles. The molecule has 1 atom stereocenters. The van der Waals surface area contributed by atoms with Gasteiger partial charge in [-0.25, -0.2) is 18.7 Å². The molecule has 8 heteroatoms. The number of hydrogen-bond donors (Lipinski definition) is 1. The second kappa shape index (κ2) is 8.87. The van der Waals surface area contributed by atoms with E-state index in [0.717, 1.165) is 41.4 Å². The highest BCUT2D eigenvalue weighted by atomic mass is 32.2.